The molecule has 0 spiro atoms. The van der Waals surface area contributed by atoms with Crippen LogP contribution < -0.4 is 0 Å². The second kappa shape index (κ2) is 4.52. The Bertz CT molecular complexity index is 760. The molecule has 2 heterocycles. The smallest absolute Gasteiger partial charge is 0.306 e. The van der Waals surface area contributed by atoms with Gasteiger partial charge in [0.05, 0.1) is 11.3 Å². The highest BCUT2D eigenvalue weighted by molar-refractivity contribution is 6.30. The Morgan fingerprint density at radius 3 is 2.40 bits per heavy atom. The van der Waals surface area contributed by atoms with E-state index in [9.17, 15) is 13.2 Å². The molecule has 0 radical (unpaired) electrons. The number of benzene rings is 1. The summed E-state index contributed by atoms with van der Waals surface area (Å²) in [6.45, 7) is 0. The number of fused-ring (bicyclic) bond motifs is 1. The van der Waals surface area contributed by atoms with Gasteiger partial charge in [-0.3, -0.25) is 0 Å². The average Bonchev–Trinajstić information content (AvgIpc) is 2.81. The standard InChI is InChI=1S/C14H8ClF3N2/c15-10-5-3-9(4-6-10)12-8-20-7-1-2-11(13(20)19-12)14(16,17)18/h1-8H. The summed E-state index contributed by atoms with van der Waals surface area (Å²) in [7, 11) is 0. The van der Waals surface area contributed by atoms with Crippen LogP contribution in [0.3, 0.4) is 0 Å². The van der Waals surface area contributed by atoms with Gasteiger partial charge in [-0.15, -0.1) is 0 Å². The number of alkyl halides is 3. The Labute approximate surface area is 117 Å². The van der Waals surface area contributed by atoms with Crippen molar-refractivity contribution >= 4 is 17.2 Å². The molecule has 3 aromatic rings. The lowest BCUT2D eigenvalue weighted by atomic mass is 10.2. The third kappa shape index (κ3) is 2.25. The molecule has 0 aliphatic carbocycles. The van der Waals surface area contributed by atoms with E-state index in [4.69, 9.17) is 11.6 Å². The van der Waals surface area contributed by atoms with Crippen molar-refractivity contribution in [2.45, 2.75) is 6.18 Å². The fourth-order valence-corrected chi connectivity index (χ4v) is 2.12. The molecule has 0 aliphatic rings. The number of pyridine rings is 1. The first-order valence-corrected chi connectivity index (χ1v) is 6.14. The minimum absolute atomic E-state index is 0.107. The normalized spacial score (nSPS) is 12.0. The zero-order valence-corrected chi connectivity index (χ0v) is 10.8. The quantitative estimate of drug-likeness (QED) is 0.637. The fraction of sp³-hybridized carbons (Fsp3) is 0.0714. The van der Waals surface area contributed by atoms with Crippen LogP contribution in [0.15, 0.2) is 48.8 Å². The Morgan fingerprint density at radius 1 is 1.05 bits per heavy atom. The van der Waals surface area contributed by atoms with E-state index < -0.39 is 11.7 Å². The summed E-state index contributed by atoms with van der Waals surface area (Å²) in [4.78, 5) is 4.08. The van der Waals surface area contributed by atoms with E-state index in [1.165, 1.54) is 16.7 Å². The SMILES string of the molecule is FC(F)(F)c1cccn2cc(-c3ccc(Cl)cc3)nc12. The number of aromatic nitrogens is 2. The van der Waals surface area contributed by atoms with Crippen molar-refractivity contribution < 1.29 is 13.2 Å². The van der Waals surface area contributed by atoms with Gasteiger partial charge in [0.1, 0.15) is 5.65 Å². The van der Waals surface area contributed by atoms with Crippen LogP contribution >= 0.6 is 11.6 Å². The highest BCUT2D eigenvalue weighted by Crippen LogP contribution is 2.33. The van der Waals surface area contributed by atoms with Gasteiger partial charge >= 0.3 is 6.18 Å². The van der Waals surface area contributed by atoms with Gasteiger partial charge in [-0.05, 0) is 24.3 Å². The summed E-state index contributed by atoms with van der Waals surface area (Å²) in [5, 5.41) is 0.563. The second-order valence-electron chi connectivity index (χ2n) is 4.28. The molecule has 0 bridgehead atoms. The molecule has 2 aromatic heterocycles. The largest absolute Gasteiger partial charge is 0.419 e. The van der Waals surface area contributed by atoms with Gasteiger partial charge in [0.15, 0.2) is 0 Å². The fourth-order valence-electron chi connectivity index (χ4n) is 1.99. The van der Waals surface area contributed by atoms with E-state index in [2.05, 4.69) is 4.98 Å². The maximum Gasteiger partial charge on any atom is 0.419 e. The summed E-state index contributed by atoms with van der Waals surface area (Å²) in [5.74, 6) is 0. The molecule has 3 rings (SSSR count). The molecule has 6 heteroatoms. The van der Waals surface area contributed by atoms with Crippen LogP contribution in [-0.2, 0) is 6.18 Å². The van der Waals surface area contributed by atoms with Gasteiger partial charge < -0.3 is 4.40 Å². The summed E-state index contributed by atoms with van der Waals surface area (Å²) in [6, 6.07) is 9.16. The number of rotatable bonds is 1. The Morgan fingerprint density at radius 2 is 1.75 bits per heavy atom. The molecular formula is C14H8ClF3N2. The molecule has 1 aromatic carbocycles. The molecule has 0 N–H and O–H groups in total. The molecule has 20 heavy (non-hydrogen) atoms. The van der Waals surface area contributed by atoms with Crippen LogP contribution in [0.4, 0.5) is 13.2 Å². The van der Waals surface area contributed by atoms with Crippen molar-refractivity contribution in [3.63, 3.8) is 0 Å². The van der Waals surface area contributed by atoms with Gasteiger partial charge in [-0.25, -0.2) is 4.98 Å². The first-order chi connectivity index (χ1) is 9.45. The second-order valence-corrected chi connectivity index (χ2v) is 4.72. The van der Waals surface area contributed by atoms with Crippen LogP contribution in [0.2, 0.25) is 5.02 Å². The number of hydrogen-bond donors (Lipinski definition) is 0. The van der Waals surface area contributed by atoms with Crippen LogP contribution in [-0.4, -0.2) is 9.38 Å². The van der Waals surface area contributed by atoms with Crippen molar-refractivity contribution in [2.75, 3.05) is 0 Å². The lowest BCUT2D eigenvalue weighted by Crippen LogP contribution is -2.07. The van der Waals surface area contributed by atoms with Crippen LogP contribution in [0.5, 0.6) is 0 Å². The molecule has 102 valence electrons. The molecule has 0 aliphatic heterocycles. The topological polar surface area (TPSA) is 17.3 Å². The van der Waals surface area contributed by atoms with E-state index in [0.29, 0.717) is 16.3 Å². The van der Waals surface area contributed by atoms with Gasteiger partial charge in [-0.1, -0.05) is 23.7 Å². The molecule has 0 amide bonds. The van der Waals surface area contributed by atoms with Crippen molar-refractivity contribution in [1.29, 1.82) is 0 Å². The van der Waals surface area contributed by atoms with E-state index in [0.717, 1.165) is 6.07 Å². The summed E-state index contributed by atoms with van der Waals surface area (Å²) in [5.41, 5.74) is 0.328. The van der Waals surface area contributed by atoms with Gasteiger partial charge in [0.25, 0.3) is 0 Å². The number of halogens is 4. The predicted octanol–water partition coefficient (Wildman–Crippen LogP) is 4.67. The van der Waals surface area contributed by atoms with Crippen molar-refractivity contribution in [1.82, 2.24) is 9.38 Å². The van der Waals surface area contributed by atoms with E-state index in [1.807, 2.05) is 0 Å². The minimum Gasteiger partial charge on any atom is -0.306 e. The number of hydrogen-bond acceptors (Lipinski definition) is 1. The molecule has 0 saturated carbocycles. The monoisotopic (exact) mass is 296 g/mol. The van der Waals surface area contributed by atoms with E-state index in [1.54, 1.807) is 30.5 Å². The molecule has 0 fully saturated rings. The Hall–Kier alpha value is -2.01. The average molecular weight is 297 g/mol. The van der Waals surface area contributed by atoms with E-state index >= 15 is 0 Å². The van der Waals surface area contributed by atoms with Crippen LogP contribution in [0.1, 0.15) is 5.56 Å². The predicted molar refractivity (Wildman–Crippen MR) is 70.6 cm³/mol. The van der Waals surface area contributed by atoms with Crippen molar-refractivity contribution in [2.24, 2.45) is 0 Å². The van der Waals surface area contributed by atoms with Gasteiger partial charge in [0, 0.05) is 23.0 Å². The highest BCUT2D eigenvalue weighted by atomic mass is 35.5. The Balaban J connectivity index is 2.18. The van der Waals surface area contributed by atoms with Crippen molar-refractivity contribution in [3.8, 4) is 11.3 Å². The van der Waals surface area contributed by atoms with Gasteiger partial charge in [-0.2, -0.15) is 13.2 Å². The first-order valence-electron chi connectivity index (χ1n) is 5.76. The lowest BCUT2D eigenvalue weighted by Gasteiger charge is -2.06. The first kappa shape index (κ1) is 13.0. The summed E-state index contributed by atoms with van der Waals surface area (Å²) in [6.07, 6.45) is -1.32. The Kier molecular flexibility index (Phi) is 2.94. The highest BCUT2D eigenvalue weighted by Gasteiger charge is 2.33. The van der Waals surface area contributed by atoms with E-state index in [-0.39, 0.29) is 5.65 Å². The minimum atomic E-state index is -4.43. The zero-order valence-electron chi connectivity index (χ0n) is 10.0. The van der Waals surface area contributed by atoms with Gasteiger partial charge in [0.2, 0.25) is 0 Å². The summed E-state index contributed by atoms with van der Waals surface area (Å²) < 4.78 is 40.1. The molecule has 0 unspecified atom stereocenters. The third-order valence-corrected chi connectivity index (χ3v) is 3.18. The summed E-state index contributed by atoms with van der Waals surface area (Å²) >= 11 is 5.79. The zero-order chi connectivity index (χ0) is 14.3. The maximum atomic E-state index is 12.9. The molecule has 0 saturated heterocycles. The molecule has 0 atom stereocenters. The van der Waals surface area contributed by atoms with Crippen LogP contribution in [0, 0.1) is 0 Å². The van der Waals surface area contributed by atoms with Crippen LogP contribution in [0.25, 0.3) is 16.9 Å². The van der Waals surface area contributed by atoms with Crippen molar-refractivity contribution in [3.05, 3.63) is 59.4 Å². The number of nitrogens with zero attached hydrogens (tertiary/aromatic N) is 2. The molecular weight excluding hydrogens is 289 g/mol. The maximum absolute atomic E-state index is 12.9. The lowest BCUT2D eigenvalue weighted by molar-refractivity contribution is -0.136. The molecule has 2 nitrogen and oxygen atoms in total. The third-order valence-electron chi connectivity index (χ3n) is 2.93. The number of imidazole rings is 1.